The maximum absolute atomic E-state index is 15.6. The smallest absolute Gasteiger partial charge is 0.277 e. The summed E-state index contributed by atoms with van der Waals surface area (Å²) < 4.78 is 23.3. The fourth-order valence-electron chi connectivity index (χ4n) is 3.18. The van der Waals surface area contributed by atoms with Gasteiger partial charge >= 0.3 is 0 Å². The number of carbonyl (C=O) groups excluding carboxylic acids is 1. The van der Waals surface area contributed by atoms with Crippen molar-refractivity contribution in [3.05, 3.63) is 51.5 Å². The molecule has 1 heterocycles. The maximum Gasteiger partial charge on any atom is 0.277 e. The molecule has 1 aliphatic rings. The molecule has 1 fully saturated rings. The highest BCUT2D eigenvalue weighted by molar-refractivity contribution is 9.10. The number of amides is 1. The van der Waals surface area contributed by atoms with Gasteiger partial charge in [-0.1, -0.05) is 27.5 Å². The van der Waals surface area contributed by atoms with Crippen LogP contribution in [0.5, 0.6) is 0 Å². The third-order valence-corrected chi connectivity index (χ3v) is 5.88. The second kappa shape index (κ2) is 9.52. The van der Waals surface area contributed by atoms with Crippen LogP contribution in [-0.2, 0) is 16.1 Å². The number of H-pyrrole nitrogens is 1. The molecule has 0 unspecified atom stereocenters. The minimum atomic E-state index is -0.597. The summed E-state index contributed by atoms with van der Waals surface area (Å²) in [7, 11) is 1.59. The number of aromatic amines is 1. The van der Waals surface area contributed by atoms with Crippen molar-refractivity contribution in [2.45, 2.75) is 19.4 Å². The first-order valence-electron chi connectivity index (χ1n) is 9.84. The van der Waals surface area contributed by atoms with Gasteiger partial charge in [0.1, 0.15) is 6.54 Å². The number of nitrogens with one attached hydrogen (secondary N) is 3. The predicted octanol–water partition coefficient (Wildman–Crippen LogP) is 4.47. The number of halogens is 3. The molecule has 3 N–H and O–H groups in total. The molecule has 4 rings (SSSR count). The molecule has 0 spiro atoms. The Labute approximate surface area is 192 Å². The molecular formula is C21H22BrClFN4O3+. The summed E-state index contributed by atoms with van der Waals surface area (Å²) in [6, 6.07) is 6.78. The lowest BCUT2D eigenvalue weighted by molar-refractivity contribution is -0.672. The zero-order valence-corrected chi connectivity index (χ0v) is 19.1. The van der Waals surface area contributed by atoms with Crippen LogP contribution in [-0.4, -0.2) is 31.2 Å². The average molecular weight is 513 g/mol. The van der Waals surface area contributed by atoms with Crippen LogP contribution in [0.25, 0.3) is 11.0 Å². The van der Waals surface area contributed by atoms with Crippen LogP contribution in [0.1, 0.15) is 23.2 Å². The molecule has 1 aliphatic carbocycles. The summed E-state index contributed by atoms with van der Waals surface area (Å²) in [5.74, 6) is -0.670. The van der Waals surface area contributed by atoms with E-state index in [1.807, 2.05) is 0 Å². The van der Waals surface area contributed by atoms with E-state index in [0.717, 1.165) is 17.3 Å². The van der Waals surface area contributed by atoms with Crippen LogP contribution in [0.15, 0.2) is 35.1 Å². The molecule has 0 atom stereocenters. The molecule has 0 saturated heterocycles. The number of fused-ring (bicyclic) bond motifs is 1. The minimum Gasteiger partial charge on any atom is -0.381 e. The highest BCUT2D eigenvalue weighted by atomic mass is 79.9. The van der Waals surface area contributed by atoms with Crippen LogP contribution in [0.4, 0.5) is 15.8 Å². The van der Waals surface area contributed by atoms with Gasteiger partial charge in [-0.15, -0.1) is 0 Å². The maximum atomic E-state index is 15.6. The Morgan fingerprint density at radius 2 is 2.19 bits per heavy atom. The molecule has 0 radical (unpaired) electrons. The van der Waals surface area contributed by atoms with E-state index in [1.54, 1.807) is 42.3 Å². The molecule has 10 heteroatoms. The number of hydrogen-bond donors (Lipinski definition) is 3. The normalized spacial score (nSPS) is 13.5. The van der Waals surface area contributed by atoms with E-state index in [2.05, 4.69) is 31.7 Å². The Balaban J connectivity index is 1.73. The number of rotatable bonds is 9. The van der Waals surface area contributed by atoms with Crippen LogP contribution in [0.3, 0.4) is 0 Å². The van der Waals surface area contributed by atoms with E-state index in [0.29, 0.717) is 41.9 Å². The molecular weight excluding hydrogens is 491 g/mol. The standard InChI is InChI=1S/C21H21BrClFN4O3/c1-30-7-6-28-11-25-20-17(28)9-14(21(29)27-31-10-12-2-3-12)19(18(20)24)26-16-5-4-13(22)8-15(16)23/h4-5,8-9,11-12H,2-3,6-7,10H2,1H3,(H2,26,27,29)/p+1. The van der Waals surface area contributed by atoms with Crippen LogP contribution in [0.2, 0.25) is 5.02 Å². The Morgan fingerprint density at radius 1 is 1.39 bits per heavy atom. The first-order chi connectivity index (χ1) is 15.0. The number of methoxy groups -OCH3 is 1. The predicted molar refractivity (Wildman–Crippen MR) is 119 cm³/mol. The van der Waals surface area contributed by atoms with Crippen molar-refractivity contribution in [3.8, 4) is 0 Å². The van der Waals surface area contributed by atoms with Crippen molar-refractivity contribution >= 4 is 55.8 Å². The number of aromatic nitrogens is 2. The molecule has 1 saturated carbocycles. The summed E-state index contributed by atoms with van der Waals surface area (Å²) in [6.45, 7) is 1.38. The zero-order chi connectivity index (χ0) is 22.0. The van der Waals surface area contributed by atoms with Crippen molar-refractivity contribution in [3.63, 3.8) is 0 Å². The quantitative estimate of drug-likeness (QED) is 0.292. The summed E-state index contributed by atoms with van der Waals surface area (Å²) in [5, 5.41) is 3.36. The minimum absolute atomic E-state index is 0.00462. The van der Waals surface area contributed by atoms with Gasteiger partial charge in [-0.05, 0) is 37.0 Å². The lowest BCUT2D eigenvalue weighted by Crippen LogP contribution is -2.34. The summed E-state index contributed by atoms with van der Waals surface area (Å²) >= 11 is 9.65. The Bertz CT molecular complexity index is 1120. The van der Waals surface area contributed by atoms with Gasteiger partial charge in [-0.2, -0.15) is 4.39 Å². The number of ether oxygens (including phenoxy) is 1. The number of imidazole rings is 1. The SMILES string of the molecule is COCC[n+]1c[nH]c2c(F)c(Nc3ccc(Br)cc3Cl)c(C(=O)NOCC3CC3)cc21. The first-order valence-corrected chi connectivity index (χ1v) is 11.0. The summed E-state index contributed by atoms with van der Waals surface area (Å²) in [5.41, 5.74) is 3.81. The molecule has 1 amide bonds. The Morgan fingerprint density at radius 3 is 2.90 bits per heavy atom. The number of hydroxylamine groups is 1. The molecule has 2 aromatic carbocycles. The van der Waals surface area contributed by atoms with Crippen LogP contribution in [0, 0.1) is 11.7 Å². The van der Waals surface area contributed by atoms with E-state index in [1.165, 1.54) is 0 Å². The molecule has 7 nitrogen and oxygen atoms in total. The average Bonchev–Trinajstić information content (AvgIpc) is 3.48. The fourth-order valence-corrected chi connectivity index (χ4v) is 3.90. The van der Waals surface area contributed by atoms with Gasteiger partial charge in [0.15, 0.2) is 11.3 Å². The Kier molecular flexibility index (Phi) is 6.76. The van der Waals surface area contributed by atoms with Gasteiger partial charge < -0.3 is 10.1 Å². The van der Waals surface area contributed by atoms with Gasteiger partial charge in [0.05, 0.1) is 35.2 Å². The highest BCUT2D eigenvalue weighted by Gasteiger charge is 2.27. The van der Waals surface area contributed by atoms with Gasteiger partial charge in [0, 0.05) is 17.6 Å². The van der Waals surface area contributed by atoms with Gasteiger partial charge in [-0.3, -0.25) is 9.63 Å². The molecule has 3 aromatic rings. The Hall–Kier alpha value is -2.20. The largest absolute Gasteiger partial charge is 0.381 e. The lowest BCUT2D eigenvalue weighted by Gasteiger charge is -2.14. The molecule has 0 bridgehead atoms. The van der Waals surface area contributed by atoms with E-state index < -0.39 is 11.7 Å². The summed E-state index contributed by atoms with van der Waals surface area (Å²) in [4.78, 5) is 21.2. The molecule has 1 aromatic heterocycles. The van der Waals surface area contributed by atoms with Crippen molar-refractivity contribution in [2.75, 3.05) is 25.6 Å². The third kappa shape index (κ3) is 5.01. The second-order valence-electron chi connectivity index (χ2n) is 7.40. The summed E-state index contributed by atoms with van der Waals surface area (Å²) in [6.07, 6.45) is 3.83. The first kappa shape index (κ1) is 22.0. The number of carbonyl (C=O) groups is 1. The number of anilines is 2. The lowest BCUT2D eigenvalue weighted by atomic mass is 10.1. The van der Waals surface area contributed by atoms with E-state index >= 15 is 4.39 Å². The number of nitrogens with zero attached hydrogens (tertiary/aromatic N) is 1. The molecule has 31 heavy (non-hydrogen) atoms. The monoisotopic (exact) mass is 511 g/mol. The topological polar surface area (TPSA) is 79.3 Å². The van der Waals surface area contributed by atoms with Crippen molar-refractivity contribution in [1.82, 2.24) is 10.5 Å². The van der Waals surface area contributed by atoms with Crippen molar-refractivity contribution in [1.29, 1.82) is 0 Å². The highest BCUT2D eigenvalue weighted by Crippen LogP contribution is 2.34. The van der Waals surface area contributed by atoms with Gasteiger partial charge in [0.2, 0.25) is 11.8 Å². The molecule has 0 aliphatic heterocycles. The number of benzene rings is 2. The van der Waals surface area contributed by atoms with E-state index in [9.17, 15) is 4.79 Å². The van der Waals surface area contributed by atoms with Crippen molar-refractivity contribution in [2.24, 2.45) is 5.92 Å². The van der Waals surface area contributed by atoms with Gasteiger partial charge in [-0.25, -0.2) is 15.0 Å². The van der Waals surface area contributed by atoms with Crippen LogP contribution < -0.4 is 15.4 Å². The third-order valence-electron chi connectivity index (χ3n) is 5.07. The second-order valence-corrected chi connectivity index (χ2v) is 8.72. The zero-order valence-electron chi connectivity index (χ0n) is 16.8. The van der Waals surface area contributed by atoms with E-state index in [-0.39, 0.29) is 16.8 Å². The van der Waals surface area contributed by atoms with Gasteiger partial charge in [0.25, 0.3) is 5.91 Å². The van der Waals surface area contributed by atoms with E-state index in [4.69, 9.17) is 21.2 Å². The van der Waals surface area contributed by atoms with Crippen LogP contribution >= 0.6 is 27.5 Å². The number of hydrogen-bond acceptors (Lipinski definition) is 4. The fraction of sp³-hybridized carbons (Fsp3) is 0.333. The molecule has 164 valence electrons. The van der Waals surface area contributed by atoms with Crippen molar-refractivity contribution < 1.29 is 23.3 Å².